The van der Waals surface area contributed by atoms with Gasteiger partial charge in [-0.2, -0.15) is 0 Å². The number of sulfonamides is 1. The number of benzene rings is 2. The molecule has 0 atom stereocenters. The van der Waals surface area contributed by atoms with Crippen molar-refractivity contribution in [1.82, 2.24) is 4.72 Å². The summed E-state index contributed by atoms with van der Waals surface area (Å²) in [6.45, 7) is 0. The smallest absolute Gasteiger partial charge is 0.258 e. The average molecular weight is 413 g/mol. The van der Waals surface area contributed by atoms with Gasteiger partial charge in [0, 0.05) is 16.2 Å². The highest BCUT2D eigenvalue weighted by Crippen LogP contribution is 2.23. The van der Waals surface area contributed by atoms with Crippen LogP contribution in [0.3, 0.4) is 0 Å². The van der Waals surface area contributed by atoms with E-state index in [1.807, 2.05) is 0 Å². The molecule has 0 saturated heterocycles. The van der Waals surface area contributed by atoms with Crippen molar-refractivity contribution in [2.45, 2.75) is 23.8 Å². The number of rotatable bonds is 5. The van der Waals surface area contributed by atoms with Crippen LogP contribution in [0.15, 0.2) is 51.8 Å². The van der Waals surface area contributed by atoms with Gasteiger partial charge in [0.2, 0.25) is 10.0 Å². The maximum absolute atomic E-state index is 13.8. The van der Waals surface area contributed by atoms with E-state index in [9.17, 15) is 17.6 Å². The first-order valence-electron chi connectivity index (χ1n) is 7.24. The lowest BCUT2D eigenvalue weighted by Crippen LogP contribution is -2.25. The minimum atomic E-state index is -3.62. The summed E-state index contributed by atoms with van der Waals surface area (Å²) in [5, 5.41) is 2.51. The molecular weight excluding hydrogens is 399 g/mol. The summed E-state index contributed by atoms with van der Waals surface area (Å²) in [4.78, 5) is 12.2. The van der Waals surface area contributed by atoms with Crippen LogP contribution in [0.1, 0.15) is 23.2 Å². The minimum absolute atomic E-state index is 0.00916. The van der Waals surface area contributed by atoms with E-state index in [-0.39, 0.29) is 22.2 Å². The molecule has 0 bridgehead atoms. The summed E-state index contributed by atoms with van der Waals surface area (Å²) in [5.74, 6) is -1.31. The molecule has 1 saturated carbocycles. The number of hydrogen-bond acceptors (Lipinski definition) is 3. The lowest BCUT2D eigenvalue weighted by atomic mass is 10.2. The zero-order chi connectivity index (χ0) is 17.3. The fourth-order valence-electron chi connectivity index (χ4n) is 2.10. The van der Waals surface area contributed by atoms with Crippen molar-refractivity contribution in [1.29, 1.82) is 0 Å². The van der Waals surface area contributed by atoms with Gasteiger partial charge in [-0.3, -0.25) is 4.79 Å². The van der Waals surface area contributed by atoms with Crippen LogP contribution in [0, 0.1) is 5.82 Å². The zero-order valence-electron chi connectivity index (χ0n) is 12.4. The van der Waals surface area contributed by atoms with E-state index in [1.54, 1.807) is 12.1 Å². The summed E-state index contributed by atoms with van der Waals surface area (Å²) in [6.07, 6.45) is 1.66. The Kier molecular flexibility index (Phi) is 4.71. The second-order valence-corrected chi connectivity index (χ2v) is 8.13. The van der Waals surface area contributed by atoms with Gasteiger partial charge in [-0.1, -0.05) is 22.0 Å². The highest BCUT2D eigenvalue weighted by molar-refractivity contribution is 9.10. The first-order chi connectivity index (χ1) is 11.3. The third-order valence-electron chi connectivity index (χ3n) is 3.48. The van der Waals surface area contributed by atoms with Crippen LogP contribution >= 0.6 is 15.9 Å². The zero-order valence-corrected chi connectivity index (χ0v) is 14.8. The molecule has 126 valence electrons. The molecule has 0 heterocycles. The Balaban J connectivity index is 1.80. The average Bonchev–Trinajstić information content (AvgIpc) is 3.30. The van der Waals surface area contributed by atoms with Gasteiger partial charge in [0.15, 0.2) is 0 Å². The fraction of sp³-hybridized carbons (Fsp3) is 0.188. The van der Waals surface area contributed by atoms with Crippen molar-refractivity contribution < 1.29 is 17.6 Å². The Morgan fingerprint density at radius 3 is 2.58 bits per heavy atom. The van der Waals surface area contributed by atoms with Crippen molar-refractivity contribution in [3.63, 3.8) is 0 Å². The van der Waals surface area contributed by atoms with E-state index < -0.39 is 21.7 Å². The highest BCUT2D eigenvalue weighted by Gasteiger charge is 2.28. The summed E-state index contributed by atoms with van der Waals surface area (Å²) in [6, 6.07) is 9.95. The molecule has 8 heteroatoms. The molecule has 0 radical (unpaired) electrons. The van der Waals surface area contributed by atoms with Crippen LogP contribution in [0.4, 0.5) is 10.1 Å². The molecule has 3 rings (SSSR count). The molecule has 1 aliphatic rings. The first kappa shape index (κ1) is 17.1. The minimum Gasteiger partial charge on any atom is -0.322 e. The van der Waals surface area contributed by atoms with E-state index in [0.717, 1.165) is 12.8 Å². The topological polar surface area (TPSA) is 75.3 Å². The molecule has 2 aromatic carbocycles. The number of anilines is 1. The molecule has 0 aliphatic heterocycles. The van der Waals surface area contributed by atoms with Gasteiger partial charge in [0.25, 0.3) is 5.91 Å². The Bertz CT molecular complexity index is 898. The molecular formula is C16H14BrFN2O3S. The number of hydrogen-bond donors (Lipinski definition) is 2. The summed E-state index contributed by atoms with van der Waals surface area (Å²) in [5.41, 5.74) is 0.156. The molecule has 0 spiro atoms. The van der Waals surface area contributed by atoms with Crippen LogP contribution in [-0.2, 0) is 10.0 Å². The quantitative estimate of drug-likeness (QED) is 0.790. The monoisotopic (exact) mass is 412 g/mol. The van der Waals surface area contributed by atoms with Crippen LogP contribution in [0.25, 0.3) is 0 Å². The Hall–Kier alpha value is -1.77. The van der Waals surface area contributed by atoms with Gasteiger partial charge in [-0.05, 0) is 49.2 Å². The largest absolute Gasteiger partial charge is 0.322 e. The number of nitrogens with one attached hydrogen (secondary N) is 2. The number of carbonyl (C=O) groups excluding carboxylic acids is 1. The van der Waals surface area contributed by atoms with Crippen molar-refractivity contribution in [2.75, 3.05) is 5.32 Å². The van der Waals surface area contributed by atoms with E-state index in [4.69, 9.17) is 0 Å². The normalized spacial score (nSPS) is 14.4. The Morgan fingerprint density at radius 1 is 1.17 bits per heavy atom. The molecule has 2 aromatic rings. The molecule has 24 heavy (non-hydrogen) atoms. The molecule has 2 N–H and O–H groups in total. The third-order valence-corrected chi connectivity index (χ3v) is 5.49. The van der Waals surface area contributed by atoms with E-state index >= 15 is 0 Å². The number of halogens is 2. The van der Waals surface area contributed by atoms with Gasteiger partial charge < -0.3 is 5.32 Å². The van der Waals surface area contributed by atoms with Crippen molar-refractivity contribution in [3.8, 4) is 0 Å². The molecule has 1 amide bonds. The summed E-state index contributed by atoms with van der Waals surface area (Å²) in [7, 11) is -3.62. The lowest BCUT2D eigenvalue weighted by Gasteiger charge is -2.09. The van der Waals surface area contributed by atoms with Crippen molar-refractivity contribution in [3.05, 3.63) is 58.3 Å². The molecule has 0 unspecified atom stereocenters. The van der Waals surface area contributed by atoms with Gasteiger partial charge in [-0.25, -0.2) is 17.5 Å². The second kappa shape index (κ2) is 6.62. The summed E-state index contributed by atoms with van der Waals surface area (Å²) < 4.78 is 41.3. The predicted molar refractivity (Wildman–Crippen MR) is 91.8 cm³/mol. The van der Waals surface area contributed by atoms with Gasteiger partial charge >= 0.3 is 0 Å². The molecule has 1 fully saturated rings. The molecule has 0 aromatic heterocycles. The van der Waals surface area contributed by atoms with Gasteiger partial charge in [-0.15, -0.1) is 0 Å². The highest BCUT2D eigenvalue weighted by atomic mass is 79.9. The second-order valence-electron chi connectivity index (χ2n) is 5.50. The molecule has 1 aliphatic carbocycles. The van der Waals surface area contributed by atoms with E-state index in [1.165, 1.54) is 30.3 Å². The maximum atomic E-state index is 13.8. The van der Waals surface area contributed by atoms with Gasteiger partial charge in [0.1, 0.15) is 5.82 Å². The van der Waals surface area contributed by atoms with Crippen molar-refractivity contribution in [2.24, 2.45) is 0 Å². The first-order valence-corrected chi connectivity index (χ1v) is 9.51. The van der Waals surface area contributed by atoms with E-state index in [0.29, 0.717) is 4.47 Å². The van der Waals surface area contributed by atoms with Crippen LogP contribution in [0.5, 0.6) is 0 Å². The maximum Gasteiger partial charge on any atom is 0.258 e. The Morgan fingerprint density at radius 2 is 1.92 bits per heavy atom. The standard InChI is InChI=1S/C16H14BrFN2O3S/c17-10-4-7-14(15(18)8-10)16(21)19-12-2-1-3-13(9-12)24(22,23)20-11-5-6-11/h1-4,7-9,11,20H,5-6H2,(H,19,21). The predicted octanol–water partition coefficient (Wildman–Crippen LogP) is 3.28. The molecule has 5 nitrogen and oxygen atoms in total. The third kappa shape index (κ3) is 4.00. The lowest BCUT2D eigenvalue weighted by molar-refractivity contribution is 0.102. The SMILES string of the molecule is O=C(Nc1cccc(S(=O)(=O)NC2CC2)c1)c1ccc(Br)cc1F. The van der Waals surface area contributed by atoms with Crippen LogP contribution in [0.2, 0.25) is 0 Å². The van der Waals surface area contributed by atoms with E-state index in [2.05, 4.69) is 26.0 Å². The Labute approximate surface area is 147 Å². The number of amides is 1. The van der Waals surface area contributed by atoms with Crippen molar-refractivity contribution >= 4 is 37.5 Å². The van der Waals surface area contributed by atoms with Crippen LogP contribution in [-0.4, -0.2) is 20.4 Å². The fourth-order valence-corrected chi connectivity index (χ4v) is 3.79. The summed E-state index contributed by atoms with van der Waals surface area (Å²) >= 11 is 3.12. The van der Waals surface area contributed by atoms with Gasteiger partial charge in [0.05, 0.1) is 10.5 Å². The van der Waals surface area contributed by atoms with Crippen LogP contribution < -0.4 is 10.0 Å². The number of carbonyl (C=O) groups is 1.